The molecule has 1 unspecified atom stereocenters. The van der Waals surface area contributed by atoms with Crippen LogP contribution in [0.1, 0.15) is 56.3 Å². The Morgan fingerprint density at radius 2 is 1.80 bits per heavy atom. The van der Waals surface area contributed by atoms with Crippen LogP contribution >= 0.6 is 12.4 Å². The van der Waals surface area contributed by atoms with Crippen molar-refractivity contribution in [3.63, 3.8) is 0 Å². The van der Waals surface area contributed by atoms with Crippen LogP contribution in [0.25, 0.3) is 0 Å². The van der Waals surface area contributed by atoms with Crippen LogP contribution < -0.4 is 15.8 Å². The predicted molar refractivity (Wildman–Crippen MR) is 101 cm³/mol. The van der Waals surface area contributed by atoms with Crippen molar-refractivity contribution >= 4 is 28.3 Å². The second-order valence-electron chi connectivity index (χ2n) is 6.60. The Morgan fingerprint density at radius 1 is 1.24 bits per heavy atom. The van der Waals surface area contributed by atoms with Crippen molar-refractivity contribution in [3.8, 4) is 0 Å². The van der Waals surface area contributed by atoms with Crippen LogP contribution in [0.15, 0.2) is 29.2 Å². The molecule has 1 saturated carbocycles. The lowest BCUT2D eigenvalue weighted by molar-refractivity contribution is 0.0903. The first-order valence-electron chi connectivity index (χ1n) is 8.47. The molecule has 1 amide bonds. The van der Waals surface area contributed by atoms with E-state index in [1.54, 1.807) is 12.1 Å². The number of carbonyl (C=O) groups is 1. The highest BCUT2D eigenvalue weighted by Crippen LogP contribution is 2.29. The Balaban J connectivity index is 0.00000312. The number of halogens is 1. The number of rotatable bonds is 7. The largest absolute Gasteiger partial charge is 0.345 e. The molecular weight excluding hydrogens is 362 g/mol. The molecule has 1 atom stereocenters. The maximum atomic E-state index is 12.4. The quantitative estimate of drug-likeness (QED) is 0.665. The fourth-order valence-electron chi connectivity index (χ4n) is 2.95. The molecule has 1 aliphatic rings. The third-order valence-electron chi connectivity index (χ3n) is 4.73. The number of amides is 1. The molecule has 0 heterocycles. The van der Waals surface area contributed by atoms with E-state index in [2.05, 4.69) is 10.0 Å². The zero-order valence-electron chi connectivity index (χ0n) is 14.7. The molecule has 0 saturated heterocycles. The minimum absolute atomic E-state index is 0. The minimum atomic E-state index is -3.55. The molecule has 2 rings (SSSR count). The first-order valence-corrected chi connectivity index (χ1v) is 9.95. The Morgan fingerprint density at radius 3 is 2.28 bits per heavy atom. The zero-order chi connectivity index (χ0) is 17.8. The average Bonchev–Trinajstić information content (AvgIpc) is 3.03. The third-order valence-corrected chi connectivity index (χ3v) is 6.33. The van der Waals surface area contributed by atoms with Gasteiger partial charge in [-0.05, 0) is 50.5 Å². The third kappa shape index (κ3) is 5.41. The fraction of sp³-hybridized carbons (Fsp3) is 0.588. The van der Waals surface area contributed by atoms with Crippen LogP contribution in [-0.4, -0.2) is 32.5 Å². The van der Waals surface area contributed by atoms with E-state index in [1.807, 2.05) is 13.8 Å². The molecule has 1 aromatic rings. The lowest BCUT2D eigenvalue weighted by Crippen LogP contribution is -2.51. The number of nitrogens with one attached hydrogen (secondary N) is 2. The molecule has 25 heavy (non-hydrogen) atoms. The highest BCUT2D eigenvalue weighted by molar-refractivity contribution is 7.89. The van der Waals surface area contributed by atoms with Crippen LogP contribution in [-0.2, 0) is 10.0 Å². The van der Waals surface area contributed by atoms with Gasteiger partial charge in [0.25, 0.3) is 5.91 Å². The van der Waals surface area contributed by atoms with Crippen molar-refractivity contribution in [2.24, 2.45) is 5.73 Å². The Hall–Kier alpha value is -1.15. The Labute approximate surface area is 156 Å². The molecule has 0 bridgehead atoms. The van der Waals surface area contributed by atoms with E-state index in [0.29, 0.717) is 18.5 Å². The van der Waals surface area contributed by atoms with Gasteiger partial charge in [-0.25, -0.2) is 13.1 Å². The summed E-state index contributed by atoms with van der Waals surface area (Å²) < 4.78 is 27.1. The van der Waals surface area contributed by atoms with Gasteiger partial charge in [0, 0.05) is 18.2 Å². The topological polar surface area (TPSA) is 101 Å². The van der Waals surface area contributed by atoms with E-state index in [1.165, 1.54) is 12.1 Å². The first-order chi connectivity index (χ1) is 11.3. The zero-order valence-corrected chi connectivity index (χ0v) is 16.4. The predicted octanol–water partition coefficient (Wildman–Crippen LogP) is 2.19. The minimum Gasteiger partial charge on any atom is -0.345 e. The van der Waals surface area contributed by atoms with Crippen molar-refractivity contribution in [2.45, 2.75) is 62.4 Å². The van der Waals surface area contributed by atoms with Gasteiger partial charge >= 0.3 is 0 Å². The van der Waals surface area contributed by atoms with E-state index in [9.17, 15) is 13.2 Å². The standard InChI is InChI=1S/C17H27N3O3S.ClH/c1-3-13(2)20-24(22,23)15-8-6-14(7-9-15)16(21)19-17(12-18)10-4-5-11-17;/h6-9,13,20H,3-5,10-12,18H2,1-2H3,(H,19,21);1H. The number of sulfonamides is 1. The smallest absolute Gasteiger partial charge is 0.251 e. The highest BCUT2D eigenvalue weighted by atomic mass is 35.5. The van der Waals surface area contributed by atoms with Crippen molar-refractivity contribution in [3.05, 3.63) is 29.8 Å². The second kappa shape index (κ2) is 8.98. The maximum Gasteiger partial charge on any atom is 0.251 e. The molecule has 1 aromatic carbocycles. The molecule has 8 heteroatoms. The van der Waals surface area contributed by atoms with Gasteiger partial charge in [-0.15, -0.1) is 12.4 Å². The van der Waals surface area contributed by atoms with Gasteiger partial charge in [0.2, 0.25) is 10.0 Å². The number of carbonyl (C=O) groups excluding carboxylic acids is 1. The lowest BCUT2D eigenvalue weighted by atomic mass is 9.97. The normalized spacial score (nSPS) is 17.6. The van der Waals surface area contributed by atoms with Gasteiger partial charge in [0.1, 0.15) is 0 Å². The van der Waals surface area contributed by atoms with E-state index < -0.39 is 10.0 Å². The van der Waals surface area contributed by atoms with Gasteiger partial charge in [-0.3, -0.25) is 4.79 Å². The van der Waals surface area contributed by atoms with Crippen LogP contribution in [0.2, 0.25) is 0 Å². The van der Waals surface area contributed by atoms with Gasteiger partial charge in [0.05, 0.1) is 10.4 Å². The van der Waals surface area contributed by atoms with E-state index in [-0.39, 0.29) is 34.8 Å². The van der Waals surface area contributed by atoms with E-state index >= 15 is 0 Å². The summed E-state index contributed by atoms with van der Waals surface area (Å²) in [6.45, 7) is 4.15. The lowest BCUT2D eigenvalue weighted by Gasteiger charge is -2.28. The number of hydrogen-bond acceptors (Lipinski definition) is 4. The van der Waals surface area contributed by atoms with Gasteiger partial charge in [-0.2, -0.15) is 0 Å². The summed E-state index contributed by atoms with van der Waals surface area (Å²) in [5.74, 6) is -0.207. The molecule has 1 aliphatic carbocycles. The first kappa shape index (κ1) is 21.9. The molecular formula is C17H28ClN3O3S. The van der Waals surface area contributed by atoms with Crippen LogP contribution in [0, 0.1) is 0 Å². The molecule has 0 aliphatic heterocycles. The maximum absolute atomic E-state index is 12.4. The summed E-state index contributed by atoms with van der Waals surface area (Å²) in [6.07, 6.45) is 4.62. The average molecular weight is 390 g/mol. The molecule has 0 spiro atoms. The molecule has 142 valence electrons. The summed E-state index contributed by atoms with van der Waals surface area (Å²) >= 11 is 0. The number of hydrogen-bond donors (Lipinski definition) is 3. The SMILES string of the molecule is CCC(C)NS(=O)(=O)c1ccc(C(=O)NC2(CN)CCCC2)cc1.Cl. The summed E-state index contributed by atoms with van der Waals surface area (Å²) in [7, 11) is -3.55. The number of nitrogens with two attached hydrogens (primary N) is 1. The summed E-state index contributed by atoms with van der Waals surface area (Å²) in [6, 6.07) is 5.87. The molecule has 1 fully saturated rings. The summed E-state index contributed by atoms with van der Waals surface area (Å²) in [5.41, 5.74) is 5.96. The molecule has 4 N–H and O–H groups in total. The van der Waals surface area contributed by atoms with Crippen LogP contribution in [0.3, 0.4) is 0 Å². The van der Waals surface area contributed by atoms with Gasteiger partial charge < -0.3 is 11.1 Å². The van der Waals surface area contributed by atoms with Crippen molar-refractivity contribution in [1.82, 2.24) is 10.0 Å². The highest BCUT2D eigenvalue weighted by Gasteiger charge is 2.34. The van der Waals surface area contributed by atoms with Crippen molar-refractivity contribution in [1.29, 1.82) is 0 Å². The fourth-order valence-corrected chi connectivity index (χ4v) is 4.27. The number of benzene rings is 1. The van der Waals surface area contributed by atoms with E-state index in [0.717, 1.165) is 25.7 Å². The molecule has 0 radical (unpaired) electrons. The van der Waals surface area contributed by atoms with Crippen molar-refractivity contribution < 1.29 is 13.2 Å². The Bertz CT molecular complexity index is 671. The van der Waals surface area contributed by atoms with Gasteiger partial charge in [0.15, 0.2) is 0 Å². The second-order valence-corrected chi connectivity index (χ2v) is 8.31. The Kier molecular flexibility index (Phi) is 7.87. The van der Waals surface area contributed by atoms with E-state index in [4.69, 9.17) is 5.73 Å². The monoisotopic (exact) mass is 389 g/mol. The van der Waals surface area contributed by atoms with Gasteiger partial charge in [-0.1, -0.05) is 19.8 Å². The van der Waals surface area contributed by atoms with Crippen LogP contribution in [0.5, 0.6) is 0 Å². The van der Waals surface area contributed by atoms with Crippen LogP contribution in [0.4, 0.5) is 0 Å². The molecule has 0 aromatic heterocycles. The van der Waals surface area contributed by atoms with Crippen molar-refractivity contribution in [2.75, 3.05) is 6.54 Å². The summed E-state index contributed by atoms with van der Waals surface area (Å²) in [5, 5.41) is 3.03. The summed E-state index contributed by atoms with van der Waals surface area (Å²) in [4.78, 5) is 12.6. The molecule has 6 nitrogen and oxygen atoms in total.